The average Bonchev–Trinajstić information content (AvgIpc) is 2.67. The molecule has 1 aromatic heterocycles. The molecule has 0 saturated heterocycles. The topological polar surface area (TPSA) is 67.2 Å². The minimum absolute atomic E-state index is 0.311. The van der Waals surface area contributed by atoms with Crippen molar-refractivity contribution < 1.29 is 9.90 Å². The molecule has 4 nitrogen and oxygen atoms in total. The van der Waals surface area contributed by atoms with E-state index in [9.17, 15) is 15.2 Å². The Morgan fingerprint density at radius 1 is 1.67 bits per heavy atom. The second-order valence-electron chi connectivity index (χ2n) is 4.65. The first-order valence-electron chi connectivity index (χ1n) is 6.11. The summed E-state index contributed by atoms with van der Waals surface area (Å²) in [7, 11) is 0. The zero-order chi connectivity index (χ0) is 13.3. The zero-order valence-electron chi connectivity index (χ0n) is 10.5. The molecule has 1 heterocycles. The Morgan fingerprint density at radius 3 is 2.94 bits per heavy atom. The molecule has 1 aliphatic rings. The Hall–Kier alpha value is -1.54. The molecule has 0 saturated carbocycles. The maximum Gasteiger partial charge on any atom is 0.142 e. The molecular weight excluding hydrogens is 248 g/mol. The fourth-order valence-corrected chi connectivity index (χ4v) is 3.75. The molecule has 0 aliphatic heterocycles. The first kappa shape index (κ1) is 12.9. The summed E-state index contributed by atoms with van der Waals surface area (Å²) >= 11 is 1.43. The molecule has 0 radical (unpaired) electrons. The van der Waals surface area contributed by atoms with Gasteiger partial charge in [0.25, 0.3) is 0 Å². The van der Waals surface area contributed by atoms with Gasteiger partial charge in [0.05, 0.1) is 5.56 Å². The smallest absolute Gasteiger partial charge is 0.142 e. The third-order valence-corrected chi connectivity index (χ3v) is 4.70. The van der Waals surface area contributed by atoms with E-state index in [1.807, 2.05) is 0 Å². The second-order valence-corrected chi connectivity index (χ2v) is 5.74. The maximum atomic E-state index is 11.1. The second kappa shape index (κ2) is 4.99. The summed E-state index contributed by atoms with van der Waals surface area (Å²) in [5, 5.41) is 20.9. The van der Waals surface area contributed by atoms with E-state index in [2.05, 4.69) is 13.0 Å². The molecule has 1 atom stereocenters. The lowest BCUT2D eigenvalue weighted by Gasteiger charge is -2.22. The first-order chi connectivity index (χ1) is 8.58. The number of carbonyl (C=O) groups is 1. The van der Waals surface area contributed by atoms with E-state index in [1.54, 1.807) is 6.92 Å². The van der Waals surface area contributed by atoms with Gasteiger partial charge in [-0.25, -0.2) is 0 Å². The summed E-state index contributed by atoms with van der Waals surface area (Å²) in [6.07, 6.45) is 1.69. The molecule has 96 valence electrons. The van der Waals surface area contributed by atoms with E-state index in [0.29, 0.717) is 23.0 Å². The Balaban J connectivity index is 2.50. The molecule has 5 heteroatoms. The summed E-state index contributed by atoms with van der Waals surface area (Å²) in [6.45, 7) is 4.22. The molecule has 2 rings (SSSR count). The zero-order valence-corrected chi connectivity index (χ0v) is 11.3. The van der Waals surface area contributed by atoms with Crippen molar-refractivity contribution in [1.29, 1.82) is 5.26 Å². The average molecular weight is 263 g/mol. The molecule has 0 bridgehead atoms. The van der Waals surface area contributed by atoms with Crippen molar-refractivity contribution in [3.05, 3.63) is 16.0 Å². The summed E-state index contributed by atoms with van der Waals surface area (Å²) in [5.41, 5.74) is 1.59. The highest BCUT2D eigenvalue weighted by molar-refractivity contribution is 7.16. The molecule has 0 aromatic carbocycles. The number of carboxylic acid groups (broad SMARTS) is 1. The first-order valence-corrected chi connectivity index (χ1v) is 6.93. The van der Waals surface area contributed by atoms with E-state index in [0.717, 1.165) is 29.7 Å². The predicted octanol–water partition coefficient (Wildman–Crippen LogP) is 1.91. The lowest BCUT2D eigenvalue weighted by molar-refractivity contribution is -0.246. The van der Waals surface area contributed by atoms with Gasteiger partial charge in [0.2, 0.25) is 0 Å². The van der Waals surface area contributed by atoms with Gasteiger partial charge in [0.1, 0.15) is 17.2 Å². The van der Waals surface area contributed by atoms with Crippen LogP contribution in [0.15, 0.2) is 0 Å². The summed E-state index contributed by atoms with van der Waals surface area (Å²) in [5.74, 6) is 0.560. The van der Waals surface area contributed by atoms with Crippen molar-refractivity contribution in [2.24, 2.45) is 5.92 Å². The van der Waals surface area contributed by atoms with Crippen LogP contribution in [0.25, 0.3) is 0 Å². The van der Waals surface area contributed by atoms with E-state index >= 15 is 0 Å². The molecule has 1 aliphatic carbocycles. The number of hydrogen-bond acceptors (Lipinski definition) is 4. The van der Waals surface area contributed by atoms with Crippen LogP contribution < -0.4 is 10.0 Å². The summed E-state index contributed by atoms with van der Waals surface area (Å²) < 4.78 is 0. The highest BCUT2D eigenvalue weighted by Gasteiger charge is 2.26. The van der Waals surface area contributed by atoms with Crippen LogP contribution in [0.2, 0.25) is 0 Å². The Kier molecular flexibility index (Phi) is 3.58. The SMILES string of the molecule is CCN(C(=O)[O-])c1sc2c(c1C#N)CC(C)CC2. The van der Waals surface area contributed by atoms with Gasteiger partial charge in [-0.05, 0) is 37.7 Å². The van der Waals surface area contributed by atoms with Gasteiger partial charge < -0.3 is 14.8 Å². The molecule has 1 unspecified atom stereocenters. The minimum Gasteiger partial charge on any atom is -0.530 e. The van der Waals surface area contributed by atoms with Gasteiger partial charge >= 0.3 is 0 Å². The highest BCUT2D eigenvalue weighted by atomic mass is 32.1. The van der Waals surface area contributed by atoms with Gasteiger partial charge in [0.15, 0.2) is 0 Å². The number of hydrogen-bond donors (Lipinski definition) is 0. The van der Waals surface area contributed by atoms with E-state index in [-0.39, 0.29) is 0 Å². The van der Waals surface area contributed by atoms with Crippen LogP contribution in [0.5, 0.6) is 0 Å². The lowest BCUT2D eigenvalue weighted by Crippen LogP contribution is -2.41. The molecule has 0 spiro atoms. The number of amides is 1. The van der Waals surface area contributed by atoms with Gasteiger partial charge in [-0.1, -0.05) is 6.92 Å². The Bertz CT molecular complexity index is 516. The number of nitriles is 1. The molecule has 18 heavy (non-hydrogen) atoms. The molecule has 0 fully saturated rings. The monoisotopic (exact) mass is 263 g/mol. The molecule has 1 aromatic rings. The fourth-order valence-electron chi connectivity index (χ4n) is 2.40. The number of thiophene rings is 1. The van der Waals surface area contributed by atoms with Crippen LogP contribution in [0.3, 0.4) is 0 Å². The number of anilines is 1. The normalized spacial score (nSPS) is 17.9. The van der Waals surface area contributed by atoms with Crippen molar-refractivity contribution >= 4 is 22.4 Å². The summed E-state index contributed by atoms with van der Waals surface area (Å²) in [4.78, 5) is 13.4. The number of rotatable bonds is 2. The van der Waals surface area contributed by atoms with Crippen molar-refractivity contribution in [3.8, 4) is 6.07 Å². The van der Waals surface area contributed by atoms with E-state index < -0.39 is 6.09 Å². The number of aryl methyl sites for hydroxylation is 1. The highest BCUT2D eigenvalue weighted by Crippen LogP contribution is 2.40. The van der Waals surface area contributed by atoms with Gasteiger partial charge in [-0.15, -0.1) is 11.3 Å². The quantitative estimate of drug-likeness (QED) is 0.818. The van der Waals surface area contributed by atoms with Crippen molar-refractivity contribution in [2.45, 2.75) is 33.1 Å². The fraction of sp³-hybridized carbons (Fsp3) is 0.538. The lowest BCUT2D eigenvalue weighted by atomic mass is 9.88. The van der Waals surface area contributed by atoms with Gasteiger partial charge in [-0.3, -0.25) is 0 Å². The standard InChI is InChI=1S/C13H16N2O2S/c1-3-15(13(16)17)12-10(7-14)9-6-8(2)4-5-11(9)18-12/h8H,3-6H2,1-2H3,(H,16,17)/p-1. The molecule has 1 amide bonds. The predicted molar refractivity (Wildman–Crippen MR) is 68.6 cm³/mol. The van der Waals surface area contributed by atoms with Crippen LogP contribution in [0.4, 0.5) is 9.80 Å². The maximum absolute atomic E-state index is 11.1. The number of carbonyl (C=O) groups excluding carboxylic acids is 1. The third-order valence-electron chi connectivity index (χ3n) is 3.38. The largest absolute Gasteiger partial charge is 0.530 e. The van der Waals surface area contributed by atoms with Crippen LogP contribution in [0, 0.1) is 17.2 Å². The van der Waals surface area contributed by atoms with Crippen LogP contribution in [-0.2, 0) is 12.8 Å². The van der Waals surface area contributed by atoms with Gasteiger partial charge in [0, 0.05) is 11.4 Å². The van der Waals surface area contributed by atoms with Crippen molar-refractivity contribution in [2.75, 3.05) is 11.4 Å². The number of nitrogens with zero attached hydrogens (tertiary/aromatic N) is 2. The third kappa shape index (κ3) is 2.08. The van der Waals surface area contributed by atoms with Crippen LogP contribution >= 0.6 is 11.3 Å². The molecular formula is C13H15N2O2S-. The summed E-state index contributed by atoms with van der Waals surface area (Å²) in [6, 6.07) is 2.17. The number of fused-ring (bicyclic) bond motifs is 1. The van der Waals surface area contributed by atoms with Crippen molar-refractivity contribution in [1.82, 2.24) is 0 Å². The Labute approximate surface area is 110 Å². The van der Waals surface area contributed by atoms with Gasteiger partial charge in [-0.2, -0.15) is 5.26 Å². The van der Waals surface area contributed by atoms with Crippen LogP contribution in [-0.4, -0.2) is 12.6 Å². The Morgan fingerprint density at radius 2 is 2.39 bits per heavy atom. The van der Waals surface area contributed by atoms with Crippen LogP contribution in [0.1, 0.15) is 36.3 Å². The molecule has 0 N–H and O–H groups in total. The van der Waals surface area contributed by atoms with Crippen molar-refractivity contribution in [3.63, 3.8) is 0 Å². The van der Waals surface area contributed by atoms with E-state index in [1.165, 1.54) is 16.2 Å². The minimum atomic E-state index is -1.24. The van der Waals surface area contributed by atoms with E-state index in [4.69, 9.17) is 0 Å².